The number of hydrogen-bond acceptors (Lipinski definition) is 4. The number of carbonyl (C=O) groups is 1. The van der Waals surface area contributed by atoms with Gasteiger partial charge in [-0.25, -0.2) is 4.79 Å². The number of benzene rings is 1. The Bertz CT molecular complexity index is 451. The molecule has 1 rings (SSSR count). The maximum atomic E-state index is 11.6. The van der Waals surface area contributed by atoms with Crippen LogP contribution in [0.2, 0.25) is 0 Å². The minimum Gasteiger partial charge on any atom is -0.462 e. The third-order valence-corrected chi connectivity index (χ3v) is 2.41. The summed E-state index contributed by atoms with van der Waals surface area (Å²) in [5, 5.41) is 18.1. The molecule has 16 heavy (non-hydrogen) atoms. The van der Waals surface area contributed by atoms with Crippen LogP contribution in [0.5, 0.6) is 0 Å². The topological polar surface area (TPSA) is 70.3 Å². The Hall–Kier alpha value is -1.38. The van der Waals surface area contributed by atoms with Gasteiger partial charge in [0, 0.05) is 4.47 Å². The lowest BCUT2D eigenvalue weighted by molar-refractivity contribution is 0.0522. The first-order valence-corrected chi connectivity index (χ1v) is 5.43. The number of nitrogens with zero attached hydrogens (tertiary/aromatic N) is 1. The molecule has 0 unspecified atom stereocenters. The summed E-state index contributed by atoms with van der Waals surface area (Å²) in [4.78, 5) is 11.6. The van der Waals surface area contributed by atoms with E-state index in [-0.39, 0.29) is 24.3 Å². The summed E-state index contributed by atoms with van der Waals surface area (Å²) in [6.07, 6.45) is 0. The van der Waals surface area contributed by atoms with Gasteiger partial charge in [-0.2, -0.15) is 5.26 Å². The minimum atomic E-state index is -0.587. The molecule has 1 aromatic rings. The number of ether oxygens (including phenoxy) is 1. The van der Waals surface area contributed by atoms with Gasteiger partial charge in [0.25, 0.3) is 0 Å². The summed E-state index contributed by atoms with van der Waals surface area (Å²) >= 11 is 3.20. The molecule has 0 saturated heterocycles. The Labute approximate surface area is 102 Å². The van der Waals surface area contributed by atoms with E-state index >= 15 is 0 Å². The molecule has 0 aliphatic heterocycles. The van der Waals surface area contributed by atoms with Gasteiger partial charge < -0.3 is 9.84 Å². The fraction of sp³-hybridized carbons (Fsp3) is 0.273. The second-order valence-electron chi connectivity index (χ2n) is 2.98. The Kier molecular flexibility index (Phi) is 4.47. The van der Waals surface area contributed by atoms with Crippen LogP contribution >= 0.6 is 15.9 Å². The van der Waals surface area contributed by atoms with Crippen LogP contribution in [-0.2, 0) is 11.3 Å². The zero-order chi connectivity index (χ0) is 12.1. The molecule has 0 aliphatic carbocycles. The molecular weight excluding hydrogens is 274 g/mol. The second-order valence-corrected chi connectivity index (χ2v) is 3.89. The quantitative estimate of drug-likeness (QED) is 0.862. The van der Waals surface area contributed by atoms with E-state index in [2.05, 4.69) is 15.9 Å². The van der Waals surface area contributed by atoms with E-state index < -0.39 is 5.97 Å². The second kappa shape index (κ2) is 5.64. The van der Waals surface area contributed by atoms with Crippen LogP contribution in [0.15, 0.2) is 16.6 Å². The smallest absolute Gasteiger partial charge is 0.339 e. The first-order chi connectivity index (χ1) is 7.63. The maximum Gasteiger partial charge on any atom is 0.339 e. The zero-order valence-electron chi connectivity index (χ0n) is 8.66. The summed E-state index contributed by atoms with van der Waals surface area (Å²) in [7, 11) is 0. The highest BCUT2D eigenvalue weighted by atomic mass is 79.9. The molecule has 0 atom stereocenters. The molecule has 0 heterocycles. The van der Waals surface area contributed by atoms with E-state index in [1.807, 2.05) is 6.07 Å². The zero-order valence-corrected chi connectivity index (χ0v) is 10.2. The number of esters is 1. The summed E-state index contributed by atoms with van der Waals surface area (Å²) in [6, 6.07) is 5.02. The molecule has 0 saturated carbocycles. The number of aliphatic hydroxyl groups is 1. The third kappa shape index (κ3) is 2.60. The highest BCUT2D eigenvalue weighted by Crippen LogP contribution is 2.22. The monoisotopic (exact) mass is 283 g/mol. The number of carbonyl (C=O) groups excluding carboxylic acids is 1. The summed E-state index contributed by atoms with van der Waals surface area (Å²) in [5.41, 5.74) is 0.705. The molecule has 0 fully saturated rings. The van der Waals surface area contributed by atoms with E-state index in [9.17, 15) is 4.79 Å². The third-order valence-electron chi connectivity index (χ3n) is 1.96. The van der Waals surface area contributed by atoms with E-state index in [0.717, 1.165) is 0 Å². The van der Waals surface area contributed by atoms with Crippen molar-refractivity contribution in [3.05, 3.63) is 33.3 Å². The van der Waals surface area contributed by atoms with Gasteiger partial charge in [-0.15, -0.1) is 0 Å². The molecule has 4 nitrogen and oxygen atoms in total. The van der Waals surface area contributed by atoms with Crippen molar-refractivity contribution < 1.29 is 14.6 Å². The van der Waals surface area contributed by atoms with Gasteiger partial charge in [0.2, 0.25) is 0 Å². The average molecular weight is 284 g/mol. The number of hydrogen-bond donors (Lipinski definition) is 1. The average Bonchev–Trinajstić information content (AvgIpc) is 2.27. The molecule has 1 N–H and O–H groups in total. The van der Waals surface area contributed by atoms with Crippen molar-refractivity contribution in [1.29, 1.82) is 5.26 Å². The van der Waals surface area contributed by atoms with Gasteiger partial charge in [-0.1, -0.05) is 15.9 Å². The fourth-order valence-electron chi connectivity index (χ4n) is 1.32. The van der Waals surface area contributed by atoms with Gasteiger partial charge in [0.1, 0.15) is 6.07 Å². The van der Waals surface area contributed by atoms with Crippen LogP contribution in [0, 0.1) is 11.3 Å². The number of rotatable bonds is 3. The standard InChI is InChI=1S/C11H10BrNO3/c1-2-16-11(15)10-7(5-13)3-9(12)4-8(10)6-14/h3-4,14H,2,6H2,1H3. The summed E-state index contributed by atoms with van der Waals surface area (Å²) < 4.78 is 5.48. The van der Waals surface area contributed by atoms with Crippen molar-refractivity contribution in [2.45, 2.75) is 13.5 Å². The molecule has 0 radical (unpaired) electrons. The largest absolute Gasteiger partial charge is 0.462 e. The molecule has 0 spiro atoms. The van der Waals surface area contributed by atoms with Crippen LogP contribution in [0.3, 0.4) is 0 Å². The van der Waals surface area contributed by atoms with Crippen molar-refractivity contribution in [3.8, 4) is 6.07 Å². The lowest BCUT2D eigenvalue weighted by atomic mass is 10.0. The van der Waals surface area contributed by atoms with E-state index in [1.165, 1.54) is 6.07 Å². The lowest BCUT2D eigenvalue weighted by Crippen LogP contribution is -2.11. The molecule has 0 amide bonds. The molecule has 0 bridgehead atoms. The SMILES string of the molecule is CCOC(=O)c1c(C#N)cc(Br)cc1CO. The van der Waals surface area contributed by atoms with Crippen molar-refractivity contribution in [3.63, 3.8) is 0 Å². The predicted octanol–water partition coefficient (Wildman–Crippen LogP) is 1.99. The van der Waals surface area contributed by atoms with Crippen molar-refractivity contribution in [1.82, 2.24) is 0 Å². The highest BCUT2D eigenvalue weighted by molar-refractivity contribution is 9.10. The van der Waals surface area contributed by atoms with Gasteiger partial charge in [0.05, 0.1) is 24.3 Å². The Morgan fingerprint density at radius 3 is 2.81 bits per heavy atom. The van der Waals surface area contributed by atoms with E-state index in [1.54, 1.807) is 13.0 Å². The van der Waals surface area contributed by atoms with E-state index in [4.69, 9.17) is 15.1 Å². The number of aliphatic hydroxyl groups excluding tert-OH is 1. The fourth-order valence-corrected chi connectivity index (χ4v) is 1.83. The Morgan fingerprint density at radius 2 is 2.31 bits per heavy atom. The summed E-state index contributed by atoms with van der Waals surface area (Å²) in [6.45, 7) is 1.59. The molecule has 1 aromatic carbocycles. The summed E-state index contributed by atoms with van der Waals surface area (Å²) in [5.74, 6) is -0.587. The van der Waals surface area contributed by atoms with Crippen LogP contribution in [0.4, 0.5) is 0 Å². The molecule has 0 aromatic heterocycles. The molecule has 0 aliphatic rings. The number of halogens is 1. The van der Waals surface area contributed by atoms with Gasteiger partial charge in [-0.3, -0.25) is 0 Å². The number of nitriles is 1. The highest BCUT2D eigenvalue weighted by Gasteiger charge is 2.18. The van der Waals surface area contributed by atoms with Gasteiger partial charge >= 0.3 is 5.97 Å². The van der Waals surface area contributed by atoms with Crippen molar-refractivity contribution in [2.75, 3.05) is 6.61 Å². The van der Waals surface area contributed by atoms with Crippen LogP contribution in [-0.4, -0.2) is 17.7 Å². The van der Waals surface area contributed by atoms with Gasteiger partial charge in [0.15, 0.2) is 0 Å². The molecular formula is C11H10BrNO3. The molecule has 84 valence electrons. The first-order valence-electron chi connectivity index (χ1n) is 4.64. The van der Waals surface area contributed by atoms with Crippen LogP contribution < -0.4 is 0 Å². The normalized spacial score (nSPS) is 9.62. The maximum absolute atomic E-state index is 11.6. The van der Waals surface area contributed by atoms with Crippen molar-refractivity contribution in [2.24, 2.45) is 0 Å². The van der Waals surface area contributed by atoms with Gasteiger partial charge in [-0.05, 0) is 24.6 Å². The van der Waals surface area contributed by atoms with E-state index in [0.29, 0.717) is 10.0 Å². The van der Waals surface area contributed by atoms with Crippen LogP contribution in [0.1, 0.15) is 28.4 Å². The lowest BCUT2D eigenvalue weighted by Gasteiger charge is -2.09. The predicted molar refractivity (Wildman–Crippen MR) is 60.7 cm³/mol. The van der Waals surface area contributed by atoms with Crippen molar-refractivity contribution >= 4 is 21.9 Å². The Morgan fingerprint density at radius 1 is 1.62 bits per heavy atom. The molecule has 5 heteroatoms. The Balaban J connectivity index is 3.34. The van der Waals surface area contributed by atoms with Crippen LogP contribution in [0.25, 0.3) is 0 Å². The minimum absolute atomic E-state index is 0.134. The first kappa shape index (κ1) is 12.7.